The lowest BCUT2D eigenvalue weighted by molar-refractivity contribution is 0.0964. The van der Waals surface area contributed by atoms with E-state index in [1.807, 2.05) is 31.2 Å². The summed E-state index contributed by atoms with van der Waals surface area (Å²) in [5, 5.41) is 3.62. The number of aryl methyl sites for hydroxylation is 1. The van der Waals surface area contributed by atoms with Crippen LogP contribution in [0, 0.1) is 6.92 Å². The Morgan fingerprint density at radius 3 is 2.79 bits per heavy atom. The summed E-state index contributed by atoms with van der Waals surface area (Å²) in [6.45, 7) is 1.91. The van der Waals surface area contributed by atoms with E-state index < -0.39 is 0 Å². The van der Waals surface area contributed by atoms with E-state index in [4.69, 9.17) is 0 Å². The monoisotopic (exact) mass is 188 g/mol. The Balaban J connectivity index is 2.74. The molecule has 2 N–H and O–H groups in total. The van der Waals surface area contributed by atoms with Crippen molar-refractivity contribution in [3.05, 3.63) is 35.5 Å². The molecule has 14 heavy (non-hydrogen) atoms. The second kappa shape index (κ2) is 3.18. The molecule has 0 aliphatic carbocycles. The third kappa shape index (κ3) is 1.18. The number of hydrogen-bond acceptors (Lipinski definition) is 1. The summed E-state index contributed by atoms with van der Waals surface area (Å²) in [5.74, 6) is -0.0417. The molecule has 3 nitrogen and oxygen atoms in total. The van der Waals surface area contributed by atoms with E-state index in [0.717, 1.165) is 22.2 Å². The minimum Gasteiger partial charge on any atom is -0.358 e. The molecule has 0 fully saturated rings. The van der Waals surface area contributed by atoms with Gasteiger partial charge in [0.1, 0.15) is 0 Å². The van der Waals surface area contributed by atoms with E-state index in [1.54, 1.807) is 7.05 Å². The molecule has 0 radical (unpaired) electrons. The van der Waals surface area contributed by atoms with E-state index in [0.29, 0.717) is 0 Å². The lowest BCUT2D eigenvalue weighted by Gasteiger charge is -1.98. The second-order valence-electron chi connectivity index (χ2n) is 3.25. The Bertz CT molecular complexity index is 485. The third-order valence-corrected chi connectivity index (χ3v) is 2.35. The number of carbonyl (C=O) groups is 1. The van der Waals surface area contributed by atoms with Gasteiger partial charge in [0.15, 0.2) is 0 Å². The molecule has 2 aromatic rings. The van der Waals surface area contributed by atoms with E-state index in [-0.39, 0.29) is 5.91 Å². The molecule has 1 heterocycles. The number of aromatic amines is 1. The smallest absolute Gasteiger partial charge is 0.253 e. The number of para-hydroxylation sites is 1. The van der Waals surface area contributed by atoms with Gasteiger partial charge in [-0.2, -0.15) is 0 Å². The fourth-order valence-corrected chi connectivity index (χ4v) is 1.69. The summed E-state index contributed by atoms with van der Waals surface area (Å²) in [7, 11) is 1.64. The van der Waals surface area contributed by atoms with Crippen LogP contribution in [-0.2, 0) is 0 Å². The van der Waals surface area contributed by atoms with Crippen LogP contribution >= 0.6 is 0 Å². The Kier molecular flexibility index (Phi) is 2.00. The van der Waals surface area contributed by atoms with Crippen LogP contribution in [0.2, 0.25) is 0 Å². The number of aromatic nitrogens is 1. The van der Waals surface area contributed by atoms with Crippen LogP contribution in [0.25, 0.3) is 10.9 Å². The van der Waals surface area contributed by atoms with Crippen molar-refractivity contribution in [1.29, 1.82) is 0 Å². The predicted molar refractivity (Wildman–Crippen MR) is 56.4 cm³/mol. The minimum absolute atomic E-state index is 0.0417. The van der Waals surface area contributed by atoms with Crippen molar-refractivity contribution < 1.29 is 4.79 Å². The summed E-state index contributed by atoms with van der Waals surface area (Å²) in [6, 6.07) is 7.80. The van der Waals surface area contributed by atoms with Gasteiger partial charge in [-0.05, 0) is 13.0 Å². The van der Waals surface area contributed by atoms with E-state index in [9.17, 15) is 4.79 Å². The highest BCUT2D eigenvalue weighted by molar-refractivity contribution is 6.07. The normalized spacial score (nSPS) is 10.4. The van der Waals surface area contributed by atoms with Crippen LogP contribution in [0.5, 0.6) is 0 Å². The standard InChI is InChI=1S/C11H12N2O/c1-7-10(11(14)12-2)8-5-3-4-6-9(8)13-7/h3-6,13H,1-2H3,(H,12,14). The molecule has 72 valence electrons. The molecular weight excluding hydrogens is 176 g/mol. The maximum atomic E-state index is 11.6. The van der Waals surface area contributed by atoms with Crippen molar-refractivity contribution in [2.45, 2.75) is 6.92 Å². The van der Waals surface area contributed by atoms with Crippen LogP contribution in [-0.4, -0.2) is 17.9 Å². The maximum Gasteiger partial charge on any atom is 0.253 e. The second-order valence-corrected chi connectivity index (χ2v) is 3.25. The molecule has 2 rings (SSSR count). The molecule has 0 bridgehead atoms. The molecule has 0 aliphatic heterocycles. The topological polar surface area (TPSA) is 44.9 Å². The van der Waals surface area contributed by atoms with Crippen molar-refractivity contribution in [3.63, 3.8) is 0 Å². The fraction of sp³-hybridized carbons (Fsp3) is 0.182. The molecular formula is C11H12N2O. The van der Waals surface area contributed by atoms with Crippen molar-refractivity contribution >= 4 is 16.8 Å². The molecule has 1 amide bonds. The average molecular weight is 188 g/mol. The summed E-state index contributed by atoms with van der Waals surface area (Å²) in [5.41, 5.74) is 2.65. The van der Waals surface area contributed by atoms with Crippen LogP contribution in [0.1, 0.15) is 16.1 Å². The number of H-pyrrole nitrogens is 1. The largest absolute Gasteiger partial charge is 0.358 e. The highest BCUT2D eigenvalue weighted by atomic mass is 16.1. The van der Waals surface area contributed by atoms with Crippen molar-refractivity contribution in [3.8, 4) is 0 Å². The van der Waals surface area contributed by atoms with Gasteiger partial charge in [-0.25, -0.2) is 0 Å². The average Bonchev–Trinajstić information content (AvgIpc) is 2.53. The van der Waals surface area contributed by atoms with E-state index >= 15 is 0 Å². The Hall–Kier alpha value is -1.77. The number of benzene rings is 1. The van der Waals surface area contributed by atoms with Gasteiger partial charge < -0.3 is 10.3 Å². The zero-order valence-corrected chi connectivity index (χ0v) is 8.22. The first kappa shape index (κ1) is 8.81. The van der Waals surface area contributed by atoms with Crippen LogP contribution in [0.3, 0.4) is 0 Å². The number of fused-ring (bicyclic) bond motifs is 1. The lowest BCUT2D eigenvalue weighted by Crippen LogP contribution is -2.18. The van der Waals surface area contributed by atoms with Gasteiger partial charge in [-0.15, -0.1) is 0 Å². The number of hydrogen-bond donors (Lipinski definition) is 2. The third-order valence-electron chi connectivity index (χ3n) is 2.35. The first-order chi connectivity index (χ1) is 6.74. The first-order valence-electron chi connectivity index (χ1n) is 4.53. The zero-order chi connectivity index (χ0) is 10.1. The van der Waals surface area contributed by atoms with Gasteiger partial charge in [0.25, 0.3) is 5.91 Å². The highest BCUT2D eigenvalue weighted by Crippen LogP contribution is 2.21. The lowest BCUT2D eigenvalue weighted by atomic mass is 10.1. The summed E-state index contributed by atoms with van der Waals surface area (Å²) < 4.78 is 0. The molecule has 0 spiro atoms. The van der Waals surface area contributed by atoms with Crippen molar-refractivity contribution in [1.82, 2.24) is 10.3 Å². The van der Waals surface area contributed by atoms with E-state index in [2.05, 4.69) is 10.3 Å². The summed E-state index contributed by atoms with van der Waals surface area (Å²) >= 11 is 0. The Labute approximate surface area is 82.1 Å². The summed E-state index contributed by atoms with van der Waals surface area (Å²) in [4.78, 5) is 14.8. The zero-order valence-electron chi connectivity index (χ0n) is 8.22. The minimum atomic E-state index is -0.0417. The molecule has 0 unspecified atom stereocenters. The van der Waals surface area contributed by atoms with Gasteiger partial charge in [0.2, 0.25) is 0 Å². The Morgan fingerprint density at radius 1 is 1.36 bits per heavy atom. The molecule has 0 saturated heterocycles. The van der Waals surface area contributed by atoms with Gasteiger partial charge in [0, 0.05) is 23.6 Å². The number of nitrogens with one attached hydrogen (secondary N) is 2. The van der Waals surface area contributed by atoms with Crippen molar-refractivity contribution in [2.75, 3.05) is 7.05 Å². The van der Waals surface area contributed by atoms with Gasteiger partial charge in [-0.3, -0.25) is 4.79 Å². The van der Waals surface area contributed by atoms with Crippen molar-refractivity contribution in [2.24, 2.45) is 0 Å². The molecule has 1 aromatic carbocycles. The SMILES string of the molecule is CNC(=O)c1c(C)[nH]c2ccccc12. The van der Waals surface area contributed by atoms with Crippen LogP contribution in [0.15, 0.2) is 24.3 Å². The molecule has 0 saturated carbocycles. The van der Waals surface area contributed by atoms with Gasteiger partial charge >= 0.3 is 0 Å². The molecule has 1 aromatic heterocycles. The quantitative estimate of drug-likeness (QED) is 0.704. The summed E-state index contributed by atoms with van der Waals surface area (Å²) in [6.07, 6.45) is 0. The first-order valence-corrected chi connectivity index (χ1v) is 4.53. The highest BCUT2D eigenvalue weighted by Gasteiger charge is 2.13. The number of amides is 1. The fourth-order valence-electron chi connectivity index (χ4n) is 1.69. The Morgan fingerprint density at radius 2 is 2.07 bits per heavy atom. The molecule has 0 aliphatic rings. The maximum absolute atomic E-state index is 11.6. The predicted octanol–water partition coefficient (Wildman–Crippen LogP) is 1.84. The number of rotatable bonds is 1. The van der Waals surface area contributed by atoms with E-state index in [1.165, 1.54) is 0 Å². The van der Waals surface area contributed by atoms with Crippen LogP contribution < -0.4 is 5.32 Å². The number of carbonyl (C=O) groups excluding carboxylic acids is 1. The van der Waals surface area contributed by atoms with Gasteiger partial charge in [0.05, 0.1) is 5.56 Å². The van der Waals surface area contributed by atoms with Crippen LogP contribution in [0.4, 0.5) is 0 Å². The van der Waals surface area contributed by atoms with Gasteiger partial charge in [-0.1, -0.05) is 18.2 Å². The molecule has 3 heteroatoms. The molecule has 0 atom stereocenters.